The van der Waals surface area contributed by atoms with Crippen molar-refractivity contribution in [2.75, 3.05) is 44.3 Å². The van der Waals surface area contributed by atoms with Crippen molar-refractivity contribution in [1.29, 1.82) is 0 Å². The summed E-state index contributed by atoms with van der Waals surface area (Å²) in [5.41, 5.74) is 0.313. The molecule has 6 rings (SSSR count). The van der Waals surface area contributed by atoms with Gasteiger partial charge in [0.15, 0.2) is 0 Å². The Morgan fingerprint density at radius 1 is 1.11 bits per heavy atom. The summed E-state index contributed by atoms with van der Waals surface area (Å²) in [6.07, 6.45) is 6.43. The maximum atomic E-state index is 15.3. The second-order valence-corrected chi connectivity index (χ2v) is 11.2. The van der Waals surface area contributed by atoms with Crippen molar-refractivity contribution in [3.63, 3.8) is 0 Å². The zero-order valence-electron chi connectivity index (χ0n) is 21.9. The first-order valence-corrected chi connectivity index (χ1v) is 13.8. The van der Waals surface area contributed by atoms with Crippen molar-refractivity contribution in [2.45, 2.75) is 56.8 Å². The topological polar surface area (TPSA) is 67.2 Å². The van der Waals surface area contributed by atoms with Crippen molar-refractivity contribution in [2.24, 2.45) is 0 Å². The fraction of sp³-hybridized carbons (Fsp3) is 0.500. The molecule has 38 heavy (non-hydrogen) atoms. The first-order valence-electron chi connectivity index (χ1n) is 13.8. The van der Waals surface area contributed by atoms with E-state index in [4.69, 9.17) is 9.47 Å². The van der Waals surface area contributed by atoms with E-state index in [9.17, 15) is 9.90 Å². The summed E-state index contributed by atoms with van der Waals surface area (Å²) in [6.45, 7) is 6.51. The van der Waals surface area contributed by atoms with Crippen LogP contribution in [0, 0.1) is 5.82 Å². The minimum Gasteiger partial charge on any atom is -0.491 e. The molecule has 0 saturated carbocycles. The van der Waals surface area contributed by atoms with E-state index in [2.05, 4.69) is 9.80 Å². The molecule has 0 bridgehead atoms. The van der Waals surface area contributed by atoms with Gasteiger partial charge in [-0.1, -0.05) is 0 Å². The van der Waals surface area contributed by atoms with Gasteiger partial charge >= 0.3 is 0 Å². The van der Waals surface area contributed by atoms with Crippen LogP contribution in [0.25, 0.3) is 16.5 Å². The molecule has 2 aromatic carbocycles. The molecule has 0 aliphatic carbocycles. The lowest BCUT2D eigenvalue weighted by atomic mass is 9.93. The number of benzene rings is 2. The fourth-order valence-corrected chi connectivity index (χ4v) is 6.02. The van der Waals surface area contributed by atoms with Crippen LogP contribution in [-0.4, -0.2) is 71.7 Å². The van der Waals surface area contributed by atoms with Gasteiger partial charge in [0.25, 0.3) is 5.56 Å². The molecule has 1 aromatic heterocycles. The summed E-state index contributed by atoms with van der Waals surface area (Å²) in [5.74, 6) is 0.383. The van der Waals surface area contributed by atoms with E-state index in [0.717, 1.165) is 70.3 Å². The second-order valence-electron chi connectivity index (χ2n) is 11.2. The van der Waals surface area contributed by atoms with E-state index < -0.39 is 5.60 Å². The average Bonchev–Trinajstić information content (AvgIpc) is 3.60. The van der Waals surface area contributed by atoms with Crippen molar-refractivity contribution in [3.05, 3.63) is 64.8 Å². The Hall–Kier alpha value is -2.94. The largest absolute Gasteiger partial charge is 0.491 e. The number of nitrogens with zero attached hydrogens (tertiary/aromatic N) is 3. The Morgan fingerprint density at radius 3 is 2.71 bits per heavy atom. The molecular weight excluding hydrogens is 485 g/mol. The maximum Gasteiger partial charge on any atom is 0.262 e. The molecule has 3 saturated heterocycles. The Morgan fingerprint density at radius 2 is 1.95 bits per heavy atom. The SMILES string of the molecule is CC1(O)CCN(C2CCN(c3ccc(-n4ccc5cc(OC[C@H]6CCCO6)ccc5c4=O)cc3F)C2)CC1. The van der Waals surface area contributed by atoms with Crippen molar-refractivity contribution < 1.29 is 19.0 Å². The van der Waals surface area contributed by atoms with E-state index in [-0.39, 0.29) is 17.5 Å². The van der Waals surface area contributed by atoms with Gasteiger partial charge in [0, 0.05) is 56.5 Å². The van der Waals surface area contributed by atoms with Gasteiger partial charge in [0.1, 0.15) is 18.2 Å². The Bertz CT molecular complexity index is 1360. The molecule has 0 amide bonds. The van der Waals surface area contributed by atoms with Gasteiger partial charge in [-0.05, 0) is 80.8 Å². The van der Waals surface area contributed by atoms with E-state index in [1.807, 2.05) is 25.1 Å². The Kier molecular flexibility index (Phi) is 6.88. The molecule has 0 radical (unpaired) electrons. The van der Waals surface area contributed by atoms with Crippen molar-refractivity contribution in [1.82, 2.24) is 9.47 Å². The number of aromatic nitrogens is 1. The standard InChI is InChI=1S/C30H36FN3O4/c1-30(36)10-14-32(15-11-30)23-9-12-33(19-23)28-7-4-22(18-27(28)31)34-13-8-21-17-24(5-6-26(21)29(34)35)38-20-25-3-2-16-37-25/h4-8,13,17-18,23,25,36H,2-3,9-12,14-16,19-20H2,1H3/t23?,25-/m1/s1. The fourth-order valence-electron chi connectivity index (χ4n) is 6.02. The van der Waals surface area contributed by atoms with E-state index in [1.165, 1.54) is 10.6 Å². The summed E-state index contributed by atoms with van der Waals surface area (Å²) in [5, 5.41) is 11.6. The van der Waals surface area contributed by atoms with Crippen LogP contribution in [-0.2, 0) is 4.74 Å². The molecule has 1 unspecified atom stereocenters. The van der Waals surface area contributed by atoms with Gasteiger partial charge in [-0.2, -0.15) is 0 Å². The normalized spacial score (nSPS) is 23.8. The lowest BCUT2D eigenvalue weighted by molar-refractivity contribution is -0.0142. The van der Waals surface area contributed by atoms with Crippen LogP contribution in [0.2, 0.25) is 0 Å². The molecule has 3 aliphatic rings. The van der Waals surface area contributed by atoms with E-state index in [0.29, 0.717) is 35.2 Å². The summed E-state index contributed by atoms with van der Waals surface area (Å²) >= 11 is 0. The van der Waals surface area contributed by atoms with Crippen molar-refractivity contribution >= 4 is 16.5 Å². The predicted octanol–water partition coefficient (Wildman–Crippen LogP) is 4.11. The molecule has 3 fully saturated rings. The number of fused-ring (bicyclic) bond motifs is 1. The van der Waals surface area contributed by atoms with Crippen LogP contribution >= 0.6 is 0 Å². The molecular formula is C30H36FN3O4. The van der Waals surface area contributed by atoms with Crippen LogP contribution in [0.4, 0.5) is 10.1 Å². The number of hydrogen-bond donors (Lipinski definition) is 1. The van der Waals surface area contributed by atoms with Crippen molar-refractivity contribution in [3.8, 4) is 11.4 Å². The number of hydrogen-bond acceptors (Lipinski definition) is 6. The van der Waals surface area contributed by atoms with Gasteiger partial charge in [-0.3, -0.25) is 14.3 Å². The molecule has 4 heterocycles. The summed E-state index contributed by atoms with van der Waals surface area (Å²) in [7, 11) is 0. The van der Waals surface area contributed by atoms with Crippen LogP contribution in [0.1, 0.15) is 39.0 Å². The third-order valence-electron chi connectivity index (χ3n) is 8.44. The quantitative estimate of drug-likeness (QED) is 0.527. The first-order chi connectivity index (χ1) is 18.4. The third-order valence-corrected chi connectivity index (χ3v) is 8.44. The zero-order valence-corrected chi connectivity index (χ0v) is 21.9. The lowest BCUT2D eigenvalue weighted by Crippen LogP contribution is -2.47. The minimum absolute atomic E-state index is 0.130. The Balaban J connectivity index is 1.16. The summed E-state index contributed by atoms with van der Waals surface area (Å²) < 4.78 is 28.3. The van der Waals surface area contributed by atoms with Gasteiger partial charge in [0.05, 0.1) is 23.1 Å². The molecule has 1 N–H and O–H groups in total. The third kappa shape index (κ3) is 5.17. The first kappa shape index (κ1) is 25.3. The highest BCUT2D eigenvalue weighted by molar-refractivity contribution is 5.83. The van der Waals surface area contributed by atoms with E-state index in [1.54, 1.807) is 24.4 Å². The number of anilines is 1. The molecule has 2 atom stereocenters. The number of piperidine rings is 1. The lowest BCUT2D eigenvalue weighted by Gasteiger charge is -2.39. The molecule has 7 nitrogen and oxygen atoms in total. The predicted molar refractivity (Wildman–Crippen MR) is 146 cm³/mol. The monoisotopic (exact) mass is 521 g/mol. The highest BCUT2D eigenvalue weighted by Gasteiger charge is 2.34. The van der Waals surface area contributed by atoms with Crippen LogP contribution in [0.5, 0.6) is 5.75 Å². The number of aliphatic hydroxyl groups is 1. The molecule has 3 aromatic rings. The highest BCUT2D eigenvalue weighted by Crippen LogP contribution is 2.30. The summed E-state index contributed by atoms with van der Waals surface area (Å²) in [6, 6.07) is 12.7. The zero-order chi connectivity index (χ0) is 26.3. The highest BCUT2D eigenvalue weighted by atomic mass is 19.1. The van der Waals surface area contributed by atoms with Gasteiger partial charge in [-0.25, -0.2) is 4.39 Å². The minimum atomic E-state index is -0.571. The van der Waals surface area contributed by atoms with Gasteiger partial charge < -0.3 is 19.5 Å². The second kappa shape index (κ2) is 10.3. The smallest absolute Gasteiger partial charge is 0.262 e. The average molecular weight is 522 g/mol. The number of likely N-dealkylation sites (tertiary alicyclic amines) is 1. The van der Waals surface area contributed by atoms with Gasteiger partial charge in [0.2, 0.25) is 0 Å². The number of rotatable bonds is 6. The molecule has 3 aliphatic heterocycles. The van der Waals surface area contributed by atoms with Crippen LogP contribution < -0.4 is 15.2 Å². The number of pyridine rings is 1. The molecule has 202 valence electrons. The number of halogens is 1. The van der Waals surface area contributed by atoms with E-state index >= 15 is 4.39 Å². The number of ether oxygens (including phenoxy) is 2. The van der Waals surface area contributed by atoms with Crippen LogP contribution in [0.15, 0.2) is 53.5 Å². The molecule has 8 heteroatoms. The Labute approximate surface area is 222 Å². The summed E-state index contributed by atoms with van der Waals surface area (Å²) in [4.78, 5) is 17.8. The maximum absolute atomic E-state index is 15.3. The van der Waals surface area contributed by atoms with Gasteiger partial charge in [-0.15, -0.1) is 0 Å². The van der Waals surface area contributed by atoms with Crippen LogP contribution in [0.3, 0.4) is 0 Å². The molecule has 0 spiro atoms.